The summed E-state index contributed by atoms with van der Waals surface area (Å²) in [7, 11) is 0. The molecule has 20 heavy (non-hydrogen) atoms. The maximum absolute atomic E-state index is 2.78. The van der Waals surface area contributed by atoms with Crippen molar-refractivity contribution in [3.05, 3.63) is 0 Å². The molecule has 1 atom stereocenters. The molecule has 2 aliphatic rings. The van der Waals surface area contributed by atoms with Gasteiger partial charge in [0.25, 0.3) is 0 Å². The van der Waals surface area contributed by atoms with Gasteiger partial charge in [-0.25, -0.2) is 0 Å². The van der Waals surface area contributed by atoms with Gasteiger partial charge in [0.15, 0.2) is 0 Å². The Morgan fingerprint density at radius 2 is 1.25 bits per heavy atom. The summed E-state index contributed by atoms with van der Waals surface area (Å²) < 4.78 is 0. The third-order valence-corrected chi connectivity index (χ3v) is 6.10. The van der Waals surface area contributed by atoms with Gasteiger partial charge in [0.1, 0.15) is 0 Å². The topological polar surface area (TPSA) is 6.48 Å². The lowest BCUT2D eigenvalue weighted by molar-refractivity contribution is 0.00440. The van der Waals surface area contributed by atoms with Crippen LogP contribution in [0.2, 0.25) is 0 Å². The van der Waals surface area contributed by atoms with Gasteiger partial charge in [-0.15, -0.1) is 0 Å². The van der Waals surface area contributed by atoms with E-state index >= 15 is 0 Å². The van der Waals surface area contributed by atoms with Gasteiger partial charge in [0.2, 0.25) is 0 Å². The third kappa shape index (κ3) is 3.57. The van der Waals surface area contributed by atoms with Crippen molar-refractivity contribution in [2.75, 3.05) is 26.2 Å². The third-order valence-electron chi connectivity index (χ3n) is 6.10. The highest BCUT2D eigenvalue weighted by Gasteiger charge is 2.39. The summed E-state index contributed by atoms with van der Waals surface area (Å²) in [5.41, 5.74) is 0.692. The molecule has 2 heteroatoms. The zero-order chi connectivity index (χ0) is 14.8. The van der Waals surface area contributed by atoms with Crippen molar-refractivity contribution in [3.63, 3.8) is 0 Å². The van der Waals surface area contributed by atoms with E-state index in [0.717, 1.165) is 18.0 Å². The first kappa shape index (κ1) is 16.3. The fourth-order valence-electron chi connectivity index (χ4n) is 4.50. The molecule has 2 fully saturated rings. The van der Waals surface area contributed by atoms with Gasteiger partial charge in [0, 0.05) is 12.1 Å². The van der Waals surface area contributed by atoms with Crippen molar-refractivity contribution in [3.8, 4) is 0 Å². The molecule has 0 saturated carbocycles. The minimum absolute atomic E-state index is 0.692. The van der Waals surface area contributed by atoms with Crippen LogP contribution in [0, 0.1) is 11.3 Å². The molecule has 0 aromatic rings. The van der Waals surface area contributed by atoms with E-state index in [1.807, 2.05) is 0 Å². The van der Waals surface area contributed by atoms with E-state index in [-0.39, 0.29) is 0 Å². The van der Waals surface area contributed by atoms with E-state index in [1.54, 1.807) is 0 Å². The lowest BCUT2D eigenvalue weighted by atomic mass is 9.70. The molecule has 0 aromatic carbocycles. The highest BCUT2D eigenvalue weighted by molar-refractivity contribution is 4.92. The highest BCUT2D eigenvalue weighted by Crippen LogP contribution is 2.42. The summed E-state index contributed by atoms with van der Waals surface area (Å²) in [6.07, 6.45) is 7.09. The molecule has 2 aliphatic heterocycles. The van der Waals surface area contributed by atoms with Crippen LogP contribution in [0.4, 0.5) is 0 Å². The fourth-order valence-corrected chi connectivity index (χ4v) is 4.50. The van der Waals surface area contributed by atoms with Gasteiger partial charge < -0.3 is 9.80 Å². The molecule has 0 aromatic heterocycles. The smallest absolute Gasteiger partial charge is 0.0116 e. The van der Waals surface area contributed by atoms with Crippen LogP contribution >= 0.6 is 0 Å². The van der Waals surface area contributed by atoms with Crippen LogP contribution in [0.1, 0.15) is 66.7 Å². The molecule has 2 heterocycles. The molecule has 2 saturated heterocycles. The molecule has 1 spiro atoms. The monoisotopic (exact) mass is 280 g/mol. The Hall–Kier alpha value is -0.0800. The zero-order valence-electron chi connectivity index (χ0n) is 14.5. The van der Waals surface area contributed by atoms with Gasteiger partial charge in [-0.05, 0) is 83.5 Å². The number of hydrogen-bond donors (Lipinski definition) is 0. The minimum Gasteiger partial charge on any atom is -0.301 e. The van der Waals surface area contributed by atoms with E-state index in [4.69, 9.17) is 0 Å². The van der Waals surface area contributed by atoms with Crippen LogP contribution in [0.15, 0.2) is 0 Å². The van der Waals surface area contributed by atoms with Crippen LogP contribution < -0.4 is 0 Å². The summed E-state index contributed by atoms with van der Waals surface area (Å²) in [5.74, 6) is 0.803. The largest absolute Gasteiger partial charge is 0.301 e. The van der Waals surface area contributed by atoms with Crippen molar-refractivity contribution in [2.45, 2.75) is 78.8 Å². The molecule has 0 aliphatic carbocycles. The van der Waals surface area contributed by atoms with Crippen LogP contribution in [0.25, 0.3) is 0 Å². The number of likely N-dealkylation sites (tertiary alicyclic amines) is 2. The van der Waals surface area contributed by atoms with E-state index in [9.17, 15) is 0 Å². The van der Waals surface area contributed by atoms with Gasteiger partial charge in [-0.3, -0.25) is 0 Å². The molecular formula is C18H36N2. The normalized spacial score (nSPS) is 26.6. The van der Waals surface area contributed by atoms with Crippen molar-refractivity contribution >= 4 is 0 Å². The van der Waals surface area contributed by atoms with Crippen molar-refractivity contribution < 1.29 is 0 Å². The predicted octanol–water partition coefficient (Wildman–Crippen LogP) is 4.01. The summed E-state index contributed by atoms with van der Waals surface area (Å²) in [6, 6.07) is 1.54. The molecule has 0 bridgehead atoms. The standard InChI is InChI=1S/C18H36N2/c1-6-17(15(2)3)20-13-9-18(10-14-20)7-11-19(12-8-18)16(4)5/h15-17H,6-14H2,1-5H3. The van der Waals surface area contributed by atoms with E-state index in [1.165, 1.54) is 58.3 Å². The average molecular weight is 281 g/mol. The number of nitrogens with zero attached hydrogens (tertiary/aromatic N) is 2. The molecule has 0 radical (unpaired) electrons. The average Bonchev–Trinajstić information content (AvgIpc) is 2.42. The summed E-state index contributed by atoms with van der Waals surface area (Å²) in [5, 5.41) is 0. The van der Waals surface area contributed by atoms with Gasteiger partial charge in [0.05, 0.1) is 0 Å². The number of hydrogen-bond acceptors (Lipinski definition) is 2. The van der Waals surface area contributed by atoms with Gasteiger partial charge in [-0.2, -0.15) is 0 Å². The molecule has 2 rings (SSSR count). The molecule has 0 N–H and O–H groups in total. The maximum atomic E-state index is 2.78. The van der Waals surface area contributed by atoms with Gasteiger partial charge >= 0.3 is 0 Å². The molecule has 2 nitrogen and oxygen atoms in total. The minimum atomic E-state index is 0.692. The second-order valence-corrected chi connectivity index (χ2v) is 7.89. The maximum Gasteiger partial charge on any atom is 0.0116 e. The quantitative estimate of drug-likeness (QED) is 0.768. The van der Waals surface area contributed by atoms with Crippen molar-refractivity contribution in [2.24, 2.45) is 11.3 Å². The van der Waals surface area contributed by atoms with Crippen LogP contribution in [-0.4, -0.2) is 48.1 Å². The van der Waals surface area contributed by atoms with Gasteiger partial charge in [-0.1, -0.05) is 20.8 Å². The van der Waals surface area contributed by atoms with Crippen LogP contribution in [0.5, 0.6) is 0 Å². The lowest BCUT2D eigenvalue weighted by Gasteiger charge is -2.49. The Labute approximate surface area is 126 Å². The molecule has 1 unspecified atom stereocenters. The summed E-state index contributed by atoms with van der Waals surface area (Å²) >= 11 is 0. The summed E-state index contributed by atoms with van der Waals surface area (Å²) in [6.45, 7) is 17.2. The molecule has 118 valence electrons. The van der Waals surface area contributed by atoms with Crippen molar-refractivity contribution in [1.29, 1.82) is 0 Å². The SMILES string of the molecule is CCC(C(C)C)N1CCC2(CCN(C(C)C)CC2)CC1. The number of rotatable bonds is 4. The fraction of sp³-hybridized carbons (Fsp3) is 1.00. The highest BCUT2D eigenvalue weighted by atomic mass is 15.2. The van der Waals surface area contributed by atoms with Crippen molar-refractivity contribution in [1.82, 2.24) is 9.80 Å². The first-order chi connectivity index (χ1) is 9.47. The first-order valence-electron chi connectivity index (χ1n) is 8.95. The Morgan fingerprint density at radius 3 is 1.60 bits per heavy atom. The lowest BCUT2D eigenvalue weighted by Crippen LogP contribution is -2.51. The molecule has 0 amide bonds. The Bertz CT molecular complexity index is 280. The van der Waals surface area contributed by atoms with E-state index < -0.39 is 0 Å². The van der Waals surface area contributed by atoms with Crippen LogP contribution in [0.3, 0.4) is 0 Å². The Kier molecular flexibility index (Phi) is 5.53. The molecular weight excluding hydrogens is 244 g/mol. The predicted molar refractivity (Wildman–Crippen MR) is 88.1 cm³/mol. The Balaban J connectivity index is 1.85. The number of piperidine rings is 2. The van der Waals surface area contributed by atoms with E-state index in [0.29, 0.717) is 5.41 Å². The zero-order valence-corrected chi connectivity index (χ0v) is 14.5. The second kappa shape index (κ2) is 6.79. The van der Waals surface area contributed by atoms with E-state index in [2.05, 4.69) is 44.4 Å². The van der Waals surface area contributed by atoms with Crippen LogP contribution in [-0.2, 0) is 0 Å². The Morgan fingerprint density at radius 1 is 0.800 bits per heavy atom. The first-order valence-corrected chi connectivity index (χ1v) is 8.95. The summed E-state index contributed by atoms with van der Waals surface area (Å²) in [4.78, 5) is 5.45. The second-order valence-electron chi connectivity index (χ2n) is 7.89.